The second-order valence-corrected chi connectivity index (χ2v) is 4.89. The fraction of sp³-hybridized carbons (Fsp3) is 0.467. The number of hydrogen-bond acceptors (Lipinski definition) is 4. The van der Waals surface area contributed by atoms with Gasteiger partial charge in [0.25, 0.3) is 0 Å². The first-order chi connectivity index (χ1) is 9.68. The van der Waals surface area contributed by atoms with Crippen molar-refractivity contribution in [2.45, 2.75) is 32.1 Å². The summed E-state index contributed by atoms with van der Waals surface area (Å²) in [5.41, 5.74) is 6.36. The second-order valence-electron chi connectivity index (χ2n) is 4.89. The van der Waals surface area contributed by atoms with Crippen LogP contribution in [0, 0.1) is 0 Å². The molecule has 108 valence electrons. The smallest absolute Gasteiger partial charge is 0.229 e. The predicted molar refractivity (Wildman–Crippen MR) is 76.2 cm³/mol. The quantitative estimate of drug-likeness (QED) is 0.507. The third kappa shape index (κ3) is 3.73. The van der Waals surface area contributed by atoms with Crippen LogP contribution in [0.4, 0.5) is 5.69 Å². The van der Waals surface area contributed by atoms with Crippen LogP contribution >= 0.6 is 0 Å². The maximum Gasteiger partial charge on any atom is 0.229 e. The van der Waals surface area contributed by atoms with Crippen molar-refractivity contribution in [3.8, 4) is 5.75 Å². The minimum absolute atomic E-state index is 0.0632. The van der Waals surface area contributed by atoms with E-state index in [2.05, 4.69) is 0 Å². The summed E-state index contributed by atoms with van der Waals surface area (Å²) in [5.74, 6) is 0.513. The lowest BCUT2D eigenvalue weighted by Crippen LogP contribution is -2.36. The van der Waals surface area contributed by atoms with E-state index in [0.29, 0.717) is 43.9 Å². The maximum absolute atomic E-state index is 11.8. The lowest BCUT2D eigenvalue weighted by atomic mass is 10.2. The van der Waals surface area contributed by atoms with E-state index >= 15 is 0 Å². The van der Waals surface area contributed by atoms with Gasteiger partial charge in [0, 0.05) is 19.4 Å². The van der Waals surface area contributed by atoms with Crippen LogP contribution in [0.1, 0.15) is 32.1 Å². The third-order valence-corrected chi connectivity index (χ3v) is 3.34. The molecule has 2 N–H and O–H groups in total. The van der Waals surface area contributed by atoms with Crippen molar-refractivity contribution >= 4 is 17.5 Å². The Kier molecular flexibility index (Phi) is 4.98. The summed E-state index contributed by atoms with van der Waals surface area (Å²) in [6.07, 6.45) is 3.17. The van der Waals surface area contributed by atoms with E-state index in [1.54, 1.807) is 12.1 Å². The molecule has 1 aliphatic heterocycles. The highest BCUT2D eigenvalue weighted by Gasteiger charge is 2.23. The second kappa shape index (κ2) is 6.93. The number of carbonyl (C=O) groups is 2. The van der Waals surface area contributed by atoms with Crippen LogP contribution in [0.15, 0.2) is 24.3 Å². The average molecular weight is 276 g/mol. The number of nitrogen functional groups attached to an aromatic ring is 1. The van der Waals surface area contributed by atoms with Crippen molar-refractivity contribution in [3.63, 3.8) is 0 Å². The summed E-state index contributed by atoms with van der Waals surface area (Å²) >= 11 is 0. The Bertz CT molecular complexity index is 470. The SMILES string of the molecule is Nc1ccccc1OCCCN1C(=O)CCCCC1=O. The molecule has 5 heteroatoms. The zero-order valence-corrected chi connectivity index (χ0v) is 11.5. The fourth-order valence-corrected chi connectivity index (χ4v) is 2.23. The summed E-state index contributed by atoms with van der Waals surface area (Å²) in [7, 11) is 0. The normalized spacial score (nSPS) is 16.1. The first-order valence-electron chi connectivity index (χ1n) is 6.99. The van der Waals surface area contributed by atoms with Crippen molar-refractivity contribution in [2.75, 3.05) is 18.9 Å². The van der Waals surface area contributed by atoms with Gasteiger partial charge in [-0.3, -0.25) is 14.5 Å². The number of hydrogen-bond donors (Lipinski definition) is 1. The highest BCUT2D eigenvalue weighted by Crippen LogP contribution is 2.20. The van der Waals surface area contributed by atoms with Crippen molar-refractivity contribution in [1.29, 1.82) is 0 Å². The molecular formula is C15H20N2O3. The number of carbonyl (C=O) groups excluding carboxylic acids is 2. The lowest BCUT2D eigenvalue weighted by molar-refractivity contribution is -0.143. The number of rotatable bonds is 5. The molecule has 1 aromatic carbocycles. The molecule has 0 aromatic heterocycles. The number of nitrogens with zero attached hydrogens (tertiary/aromatic N) is 1. The molecule has 0 atom stereocenters. The molecule has 0 saturated carbocycles. The van der Waals surface area contributed by atoms with E-state index in [9.17, 15) is 9.59 Å². The topological polar surface area (TPSA) is 72.6 Å². The van der Waals surface area contributed by atoms with E-state index in [0.717, 1.165) is 12.8 Å². The Balaban J connectivity index is 1.79. The largest absolute Gasteiger partial charge is 0.491 e. The lowest BCUT2D eigenvalue weighted by Gasteiger charge is -2.18. The first kappa shape index (κ1) is 14.4. The van der Waals surface area contributed by atoms with Gasteiger partial charge >= 0.3 is 0 Å². The summed E-state index contributed by atoms with van der Waals surface area (Å²) in [4.78, 5) is 24.9. The molecule has 1 heterocycles. The van der Waals surface area contributed by atoms with Gasteiger partial charge in [-0.1, -0.05) is 12.1 Å². The van der Waals surface area contributed by atoms with Gasteiger partial charge in [0.05, 0.1) is 12.3 Å². The van der Waals surface area contributed by atoms with E-state index < -0.39 is 0 Å². The van der Waals surface area contributed by atoms with E-state index in [4.69, 9.17) is 10.5 Å². The highest BCUT2D eigenvalue weighted by molar-refractivity contribution is 5.95. The third-order valence-electron chi connectivity index (χ3n) is 3.34. The molecule has 0 bridgehead atoms. The molecule has 0 unspecified atom stereocenters. The number of ether oxygens (including phenoxy) is 1. The van der Waals surface area contributed by atoms with Crippen molar-refractivity contribution < 1.29 is 14.3 Å². The van der Waals surface area contributed by atoms with Crippen LogP contribution in [0.5, 0.6) is 5.75 Å². The molecule has 1 fully saturated rings. The molecule has 2 amide bonds. The molecule has 0 spiro atoms. The standard InChI is InChI=1S/C15H20N2O3/c16-12-6-1-2-7-13(12)20-11-5-10-17-14(18)8-3-4-9-15(17)19/h1-2,6-7H,3-5,8-11,16H2. The molecule has 1 saturated heterocycles. The van der Waals surface area contributed by atoms with Crippen LogP contribution in [0.25, 0.3) is 0 Å². The minimum Gasteiger partial charge on any atom is -0.491 e. The number of imide groups is 1. The Hall–Kier alpha value is -2.04. The fourth-order valence-electron chi connectivity index (χ4n) is 2.23. The first-order valence-corrected chi connectivity index (χ1v) is 6.99. The van der Waals surface area contributed by atoms with Gasteiger partial charge in [-0.15, -0.1) is 0 Å². The predicted octanol–water partition coefficient (Wildman–Crippen LogP) is 1.97. The Labute approximate surface area is 118 Å². The molecule has 0 aliphatic carbocycles. The number of anilines is 1. The van der Waals surface area contributed by atoms with Gasteiger partial charge in [-0.2, -0.15) is 0 Å². The summed E-state index contributed by atoms with van der Waals surface area (Å²) in [6, 6.07) is 7.28. The van der Waals surface area contributed by atoms with Gasteiger partial charge in [0.2, 0.25) is 11.8 Å². The highest BCUT2D eigenvalue weighted by atomic mass is 16.5. The zero-order valence-electron chi connectivity index (χ0n) is 11.5. The maximum atomic E-state index is 11.8. The van der Waals surface area contributed by atoms with Crippen molar-refractivity contribution in [1.82, 2.24) is 4.90 Å². The number of para-hydroxylation sites is 2. The summed E-state index contributed by atoms with van der Waals surface area (Å²) in [5, 5.41) is 0. The van der Waals surface area contributed by atoms with Crippen LogP contribution in [0.3, 0.4) is 0 Å². The summed E-state index contributed by atoms with van der Waals surface area (Å²) in [6.45, 7) is 0.857. The van der Waals surface area contributed by atoms with E-state index in [1.807, 2.05) is 12.1 Å². The Morgan fingerprint density at radius 3 is 2.40 bits per heavy atom. The van der Waals surface area contributed by atoms with Crippen LogP contribution in [-0.2, 0) is 9.59 Å². The molecule has 5 nitrogen and oxygen atoms in total. The Morgan fingerprint density at radius 1 is 1.10 bits per heavy atom. The Morgan fingerprint density at radius 2 is 1.75 bits per heavy atom. The van der Waals surface area contributed by atoms with Crippen LogP contribution < -0.4 is 10.5 Å². The van der Waals surface area contributed by atoms with E-state index in [1.165, 1.54) is 4.90 Å². The van der Waals surface area contributed by atoms with Crippen molar-refractivity contribution in [3.05, 3.63) is 24.3 Å². The van der Waals surface area contributed by atoms with Gasteiger partial charge in [-0.25, -0.2) is 0 Å². The number of benzene rings is 1. The average Bonchev–Trinajstić information content (AvgIpc) is 2.59. The monoisotopic (exact) mass is 276 g/mol. The van der Waals surface area contributed by atoms with Crippen molar-refractivity contribution in [2.24, 2.45) is 0 Å². The summed E-state index contributed by atoms with van der Waals surface area (Å²) < 4.78 is 5.56. The molecule has 1 aliphatic rings. The van der Waals surface area contributed by atoms with E-state index in [-0.39, 0.29) is 11.8 Å². The molecule has 2 rings (SSSR count). The van der Waals surface area contributed by atoms with Gasteiger partial charge in [0.15, 0.2) is 0 Å². The molecule has 20 heavy (non-hydrogen) atoms. The number of nitrogens with two attached hydrogens (primary N) is 1. The van der Waals surface area contributed by atoms with Gasteiger partial charge < -0.3 is 10.5 Å². The molecular weight excluding hydrogens is 256 g/mol. The number of amides is 2. The van der Waals surface area contributed by atoms with Gasteiger partial charge in [0.1, 0.15) is 5.75 Å². The van der Waals surface area contributed by atoms with Crippen LogP contribution in [0.2, 0.25) is 0 Å². The number of likely N-dealkylation sites (tertiary alicyclic amines) is 1. The zero-order chi connectivity index (χ0) is 14.4. The van der Waals surface area contributed by atoms with Crippen LogP contribution in [-0.4, -0.2) is 29.9 Å². The minimum atomic E-state index is -0.0632. The van der Waals surface area contributed by atoms with Gasteiger partial charge in [-0.05, 0) is 31.4 Å². The molecule has 1 aromatic rings. The molecule has 0 radical (unpaired) electrons.